The highest BCUT2D eigenvalue weighted by molar-refractivity contribution is 9.10. The third kappa shape index (κ3) is 6.41. The Kier molecular flexibility index (Phi) is 8.19. The zero-order chi connectivity index (χ0) is 32.6. The summed E-state index contributed by atoms with van der Waals surface area (Å²) in [6.07, 6.45) is -3.87. The van der Waals surface area contributed by atoms with Crippen molar-refractivity contribution in [1.82, 2.24) is 14.6 Å². The third-order valence-corrected chi connectivity index (χ3v) is 7.52. The fourth-order valence-corrected chi connectivity index (χ4v) is 5.11. The van der Waals surface area contributed by atoms with Gasteiger partial charge in [0.2, 0.25) is 0 Å². The first kappa shape index (κ1) is 30.7. The van der Waals surface area contributed by atoms with Crippen LogP contribution < -0.4 is 10.1 Å². The molecule has 2 aromatic heterocycles. The second kappa shape index (κ2) is 12.3. The largest absolute Gasteiger partial charge is 0.456 e. The first-order chi connectivity index (χ1) is 22.0. The molecule has 1 N–H and O–H groups in total. The number of aromatic nitrogens is 3. The van der Waals surface area contributed by atoms with Crippen molar-refractivity contribution < 1.29 is 27.6 Å². The van der Waals surface area contributed by atoms with E-state index in [2.05, 4.69) is 31.3 Å². The van der Waals surface area contributed by atoms with Crippen molar-refractivity contribution in [3.8, 4) is 33.9 Å². The van der Waals surface area contributed by atoms with E-state index in [0.717, 1.165) is 23.9 Å². The molecule has 4 aromatic carbocycles. The molecule has 14 heteroatoms. The van der Waals surface area contributed by atoms with Crippen molar-refractivity contribution in [2.24, 2.45) is 0 Å². The minimum Gasteiger partial charge on any atom is -0.456 e. The molecule has 0 spiro atoms. The summed E-state index contributed by atoms with van der Waals surface area (Å²) in [6.45, 7) is 0. The van der Waals surface area contributed by atoms with E-state index < -0.39 is 28.4 Å². The molecule has 6 rings (SSSR count). The van der Waals surface area contributed by atoms with Gasteiger partial charge in [-0.2, -0.15) is 18.3 Å². The summed E-state index contributed by atoms with van der Waals surface area (Å²) in [5, 5.41) is 18.5. The quantitative estimate of drug-likeness (QED) is 0.131. The van der Waals surface area contributed by atoms with E-state index in [1.807, 2.05) is 30.3 Å². The molecular weight excluding hydrogens is 691 g/mol. The zero-order valence-electron chi connectivity index (χ0n) is 23.1. The molecule has 0 atom stereocenters. The van der Waals surface area contributed by atoms with Crippen LogP contribution in [0.2, 0.25) is 5.02 Å². The van der Waals surface area contributed by atoms with E-state index >= 15 is 0 Å². The van der Waals surface area contributed by atoms with Gasteiger partial charge in [0, 0.05) is 32.8 Å². The minimum atomic E-state index is -4.82. The number of amides is 1. The lowest BCUT2D eigenvalue weighted by molar-refractivity contribution is -0.384. The molecule has 1 amide bonds. The number of hydrogen-bond acceptors (Lipinski definition) is 6. The molecule has 0 saturated carbocycles. The predicted molar refractivity (Wildman–Crippen MR) is 169 cm³/mol. The Morgan fingerprint density at radius 2 is 1.70 bits per heavy atom. The number of nitrogens with zero attached hydrogens (tertiary/aromatic N) is 4. The molecule has 0 aliphatic heterocycles. The van der Waals surface area contributed by atoms with Crippen molar-refractivity contribution in [2.45, 2.75) is 6.18 Å². The molecular formula is C32H18BrClF3N5O4. The normalized spacial score (nSPS) is 11.4. The van der Waals surface area contributed by atoms with Crippen molar-refractivity contribution in [2.75, 3.05) is 5.32 Å². The lowest BCUT2D eigenvalue weighted by Gasteiger charge is -2.13. The van der Waals surface area contributed by atoms with Gasteiger partial charge in [-0.15, -0.1) is 0 Å². The topological polar surface area (TPSA) is 112 Å². The first-order valence-corrected chi connectivity index (χ1v) is 14.5. The van der Waals surface area contributed by atoms with Crippen LogP contribution >= 0.6 is 27.5 Å². The van der Waals surface area contributed by atoms with E-state index in [0.29, 0.717) is 30.9 Å². The third-order valence-electron chi connectivity index (χ3n) is 6.76. The molecule has 0 bridgehead atoms. The average Bonchev–Trinajstić information content (AvgIpc) is 3.46. The van der Waals surface area contributed by atoms with Gasteiger partial charge in [0.05, 0.1) is 28.6 Å². The minimum absolute atomic E-state index is 0.0128. The van der Waals surface area contributed by atoms with E-state index in [4.69, 9.17) is 16.3 Å². The van der Waals surface area contributed by atoms with Gasteiger partial charge in [-0.25, -0.2) is 9.50 Å². The van der Waals surface area contributed by atoms with Gasteiger partial charge < -0.3 is 10.1 Å². The first-order valence-electron chi connectivity index (χ1n) is 13.3. The van der Waals surface area contributed by atoms with Gasteiger partial charge in [0.15, 0.2) is 11.3 Å². The maximum Gasteiger partial charge on any atom is 0.433 e. The van der Waals surface area contributed by atoms with E-state index in [-0.39, 0.29) is 28.3 Å². The highest BCUT2D eigenvalue weighted by atomic mass is 79.9. The fraction of sp³-hybridized carbons (Fsp3) is 0.0312. The Hall–Kier alpha value is -5.27. The predicted octanol–water partition coefficient (Wildman–Crippen LogP) is 9.45. The Labute approximate surface area is 271 Å². The van der Waals surface area contributed by atoms with Crippen LogP contribution in [0.5, 0.6) is 11.5 Å². The number of alkyl halides is 3. The SMILES string of the molecule is O=C(Nc1cc(Oc2ccc(Cl)cc2-c2ccccc2)cc([N+](=O)[O-])c1)c1cnn2c(C(F)(F)F)cc(-c3ccc(Br)cc3)nc12. The molecule has 2 heterocycles. The van der Waals surface area contributed by atoms with Crippen LogP contribution in [-0.2, 0) is 6.18 Å². The van der Waals surface area contributed by atoms with Gasteiger partial charge in [0.1, 0.15) is 17.1 Å². The summed E-state index contributed by atoms with van der Waals surface area (Å²) >= 11 is 9.52. The van der Waals surface area contributed by atoms with E-state index in [9.17, 15) is 28.1 Å². The molecule has 0 saturated heterocycles. The van der Waals surface area contributed by atoms with Gasteiger partial charge in [0.25, 0.3) is 11.6 Å². The monoisotopic (exact) mass is 707 g/mol. The summed E-state index contributed by atoms with van der Waals surface area (Å²) in [5.74, 6) is -0.550. The van der Waals surface area contributed by atoms with Crippen LogP contribution in [0.3, 0.4) is 0 Å². The maximum atomic E-state index is 14.1. The average molecular weight is 709 g/mol. The summed E-state index contributed by atoms with van der Waals surface area (Å²) in [5.41, 5.74) is -0.515. The molecule has 0 radical (unpaired) electrons. The molecule has 0 aliphatic rings. The smallest absolute Gasteiger partial charge is 0.433 e. The Morgan fingerprint density at radius 3 is 2.39 bits per heavy atom. The number of non-ortho nitro benzene ring substituents is 1. The molecule has 230 valence electrons. The van der Waals surface area contributed by atoms with Crippen molar-refractivity contribution in [3.05, 3.63) is 134 Å². The number of nitro benzene ring substituents is 1. The number of anilines is 1. The number of benzene rings is 4. The lowest BCUT2D eigenvalue weighted by atomic mass is 10.0. The van der Waals surface area contributed by atoms with Crippen LogP contribution in [0.25, 0.3) is 28.0 Å². The summed E-state index contributed by atoms with van der Waals surface area (Å²) in [7, 11) is 0. The fourth-order valence-electron chi connectivity index (χ4n) is 4.67. The number of rotatable bonds is 7. The molecule has 0 fully saturated rings. The Morgan fingerprint density at radius 1 is 0.957 bits per heavy atom. The second-order valence-corrected chi connectivity index (χ2v) is 11.2. The Balaban J connectivity index is 1.38. The molecule has 46 heavy (non-hydrogen) atoms. The number of ether oxygens (including phenoxy) is 1. The number of halogens is 5. The lowest BCUT2D eigenvalue weighted by Crippen LogP contribution is -2.16. The van der Waals surface area contributed by atoms with Crippen LogP contribution in [0.15, 0.2) is 108 Å². The van der Waals surface area contributed by atoms with Gasteiger partial charge in [-0.1, -0.05) is 70.0 Å². The molecule has 0 aliphatic carbocycles. The van der Waals surface area contributed by atoms with Crippen LogP contribution in [0.4, 0.5) is 24.5 Å². The van der Waals surface area contributed by atoms with Gasteiger partial charge in [-0.05, 0) is 42.0 Å². The Bertz CT molecular complexity index is 2120. The van der Waals surface area contributed by atoms with E-state index in [1.165, 1.54) is 12.1 Å². The summed E-state index contributed by atoms with van der Waals surface area (Å²) in [4.78, 5) is 28.9. The van der Waals surface area contributed by atoms with Crippen LogP contribution in [0.1, 0.15) is 16.1 Å². The van der Waals surface area contributed by atoms with Crippen LogP contribution in [-0.4, -0.2) is 25.4 Å². The number of carbonyl (C=O) groups is 1. The number of fused-ring (bicyclic) bond motifs is 1. The molecule has 0 unspecified atom stereocenters. The number of nitrogens with one attached hydrogen (secondary N) is 1. The van der Waals surface area contributed by atoms with Crippen molar-refractivity contribution in [1.29, 1.82) is 0 Å². The summed E-state index contributed by atoms with van der Waals surface area (Å²) < 4.78 is 49.5. The van der Waals surface area contributed by atoms with Crippen molar-refractivity contribution >= 4 is 50.5 Å². The maximum absolute atomic E-state index is 14.1. The standard InChI is InChI=1S/C32H18BrClF3N5O4/c33-20-8-6-19(7-9-20)27-16-29(32(35,36)37)41-30(40-27)26(17-38-41)31(43)39-22-13-23(42(44)45)15-24(14-22)46-28-11-10-21(34)12-25(28)18-4-2-1-3-5-18/h1-17H,(H,39,43). The number of hydrogen-bond donors (Lipinski definition) is 1. The second-order valence-electron chi connectivity index (χ2n) is 9.86. The van der Waals surface area contributed by atoms with Gasteiger partial charge >= 0.3 is 6.18 Å². The molecule has 6 aromatic rings. The van der Waals surface area contributed by atoms with E-state index in [1.54, 1.807) is 42.5 Å². The van der Waals surface area contributed by atoms with Crippen LogP contribution in [0, 0.1) is 10.1 Å². The highest BCUT2D eigenvalue weighted by Crippen LogP contribution is 2.38. The number of nitro groups is 1. The highest BCUT2D eigenvalue weighted by Gasteiger charge is 2.36. The number of carbonyl (C=O) groups excluding carboxylic acids is 1. The van der Waals surface area contributed by atoms with Gasteiger partial charge in [-0.3, -0.25) is 14.9 Å². The summed E-state index contributed by atoms with van der Waals surface area (Å²) in [6, 6.07) is 25.0. The zero-order valence-corrected chi connectivity index (χ0v) is 25.5. The van der Waals surface area contributed by atoms with Crippen molar-refractivity contribution in [3.63, 3.8) is 0 Å². The molecule has 9 nitrogen and oxygen atoms in total.